The van der Waals surface area contributed by atoms with Crippen molar-refractivity contribution >= 4 is 18.3 Å². The number of carbonyl (C=O) groups is 1. The molecule has 0 bridgehead atoms. The first-order chi connectivity index (χ1) is 7.36. The standard InChI is InChI=1S/C12H20N2O.ClH/c15-12(9-2-1-3-9)14(10-4-5-10)11-6-7-13-8-11;/h9-11,13H,1-8H2;1H. The van der Waals surface area contributed by atoms with Crippen LogP contribution in [0.25, 0.3) is 0 Å². The molecule has 1 unspecified atom stereocenters. The summed E-state index contributed by atoms with van der Waals surface area (Å²) >= 11 is 0. The van der Waals surface area contributed by atoms with Gasteiger partial charge in [0.2, 0.25) is 5.91 Å². The van der Waals surface area contributed by atoms with Crippen molar-refractivity contribution in [1.82, 2.24) is 10.2 Å². The van der Waals surface area contributed by atoms with Gasteiger partial charge in [0, 0.05) is 24.5 Å². The van der Waals surface area contributed by atoms with Gasteiger partial charge < -0.3 is 10.2 Å². The van der Waals surface area contributed by atoms with Crippen molar-refractivity contribution in [3.8, 4) is 0 Å². The monoisotopic (exact) mass is 244 g/mol. The molecule has 1 amide bonds. The Bertz CT molecular complexity index is 258. The van der Waals surface area contributed by atoms with E-state index in [2.05, 4.69) is 10.2 Å². The summed E-state index contributed by atoms with van der Waals surface area (Å²) in [6, 6.07) is 1.11. The zero-order valence-corrected chi connectivity index (χ0v) is 10.5. The first-order valence-corrected chi connectivity index (χ1v) is 6.39. The van der Waals surface area contributed by atoms with Gasteiger partial charge in [-0.05, 0) is 38.6 Å². The summed E-state index contributed by atoms with van der Waals surface area (Å²) in [7, 11) is 0. The van der Waals surface area contributed by atoms with Crippen molar-refractivity contribution in [2.24, 2.45) is 5.92 Å². The molecule has 3 aliphatic rings. The summed E-state index contributed by atoms with van der Waals surface area (Å²) in [5.74, 6) is 0.851. The van der Waals surface area contributed by atoms with E-state index in [0.29, 0.717) is 23.9 Å². The maximum Gasteiger partial charge on any atom is 0.226 e. The topological polar surface area (TPSA) is 32.3 Å². The minimum Gasteiger partial charge on any atom is -0.335 e. The number of hydrogen-bond acceptors (Lipinski definition) is 2. The molecule has 1 heterocycles. The number of amides is 1. The lowest BCUT2D eigenvalue weighted by atomic mass is 9.84. The van der Waals surface area contributed by atoms with Gasteiger partial charge in [-0.15, -0.1) is 12.4 Å². The van der Waals surface area contributed by atoms with E-state index >= 15 is 0 Å². The van der Waals surface area contributed by atoms with Crippen LogP contribution in [-0.4, -0.2) is 36.0 Å². The quantitative estimate of drug-likeness (QED) is 0.817. The molecule has 2 saturated carbocycles. The Labute approximate surface area is 103 Å². The van der Waals surface area contributed by atoms with Crippen LogP contribution >= 0.6 is 12.4 Å². The summed E-state index contributed by atoms with van der Waals surface area (Å²) in [5.41, 5.74) is 0. The number of rotatable bonds is 3. The second-order valence-corrected chi connectivity index (χ2v) is 5.25. The van der Waals surface area contributed by atoms with E-state index in [1.54, 1.807) is 0 Å². The lowest BCUT2D eigenvalue weighted by molar-refractivity contribution is -0.140. The predicted molar refractivity (Wildman–Crippen MR) is 65.7 cm³/mol. The van der Waals surface area contributed by atoms with Crippen molar-refractivity contribution in [1.29, 1.82) is 0 Å². The molecule has 1 N–H and O–H groups in total. The molecule has 1 aliphatic heterocycles. The Morgan fingerprint density at radius 1 is 1.06 bits per heavy atom. The lowest BCUT2D eigenvalue weighted by Gasteiger charge is -2.35. The minimum absolute atomic E-state index is 0. The fourth-order valence-electron chi connectivity index (χ4n) is 2.75. The summed E-state index contributed by atoms with van der Waals surface area (Å²) in [4.78, 5) is 14.5. The largest absolute Gasteiger partial charge is 0.335 e. The van der Waals surface area contributed by atoms with Gasteiger partial charge in [0.1, 0.15) is 0 Å². The molecule has 0 spiro atoms. The van der Waals surface area contributed by atoms with Crippen LogP contribution in [0.15, 0.2) is 0 Å². The van der Waals surface area contributed by atoms with Gasteiger partial charge in [-0.1, -0.05) is 6.42 Å². The SMILES string of the molecule is Cl.O=C(C1CCC1)N(C1CC1)C1CCNC1. The Morgan fingerprint density at radius 3 is 2.25 bits per heavy atom. The van der Waals surface area contributed by atoms with Crippen molar-refractivity contribution in [3.05, 3.63) is 0 Å². The summed E-state index contributed by atoms with van der Waals surface area (Å²) < 4.78 is 0. The number of nitrogens with zero attached hydrogens (tertiary/aromatic N) is 1. The second kappa shape index (κ2) is 4.92. The van der Waals surface area contributed by atoms with E-state index in [-0.39, 0.29) is 12.4 Å². The van der Waals surface area contributed by atoms with E-state index in [0.717, 1.165) is 32.4 Å². The van der Waals surface area contributed by atoms with Crippen LogP contribution < -0.4 is 5.32 Å². The van der Waals surface area contributed by atoms with Gasteiger partial charge in [0.15, 0.2) is 0 Å². The third-order valence-corrected chi connectivity index (χ3v) is 4.08. The van der Waals surface area contributed by atoms with Crippen molar-refractivity contribution < 1.29 is 4.79 Å². The number of carbonyl (C=O) groups excluding carboxylic acids is 1. The van der Waals surface area contributed by atoms with Crippen LogP contribution in [0.5, 0.6) is 0 Å². The van der Waals surface area contributed by atoms with Gasteiger partial charge >= 0.3 is 0 Å². The van der Waals surface area contributed by atoms with Gasteiger partial charge in [-0.25, -0.2) is 0 Å². The Hall–Kier alpha value is -0.280. The molecule has 0 aromatic heterocycles. The lowest BCUT2D eigenvalue weighted by Crippen LogP contribution is -2.47. The average Bonchev–Trinajstić information content (AvgIpc) is 2.78. The van der Waals surface area contributed by atoms with Gasteiger partial charge in [-0.3, -0.25) is 4.79 Å². The Balaban J connectivity index is 0.000000963. The average molecular weight is 245 g/mol. The summed E-state index contributed by atoms with van der Waals surface area (Å²) in [6.07, 6.45) is 7.20. The van der Waals surface area contributed by atoms with Gasteiger partial charge in [-0.2, -0.15) is 0 Å². The van der Waals surface area contributed by atoms with E-state index in [1.807, 2.05) is 0 Å². The molecule has 3 rings (SSSR count). The fourth-order valence-corrected chi connectivity index (χ4v) is 2.75. The molecule has 92 valence electrons. The van der Waals surface area contributed by atoms with E-state index in [4.69, 9.17) is 0 Å². The van der Waals surface area contributed by atoms with Crippen molar-refractivity contribution in [2.45, 2.75) is 50.6 Å². The van der Waals surface area contributed by atoms with Gasteiger partial charge in [0.25, 0.3) is 0 Å². The predicted octanol–water partition coefficient (Wildman–Crippen LogP) is 1.56. The normalized spacial score (nSPS) is 29.4. The number of hydrogen-bond donors (Lipinski definition) is 1. The molecule has 3 fully saturated rings. The fraction of sp³-hybridized carbons (Fsp3) is 0.917. The second-order valence-electron chi connectivity index (χ2n) is 5.25. The molecule has 0 aromatic rings. The number of nitrogens with one attached hydrogen (secondary N) is 1. The Kier molecular flexibility index (Phi) is 3.75. The van der Waals surface area contributed by atoms with Crippen LogP contribution in [0.1, 0.15) is 38.5 Å². The zero-order chi connectivity index (χ0) is 10.3. The molecular weight excluding hydrogens is 224 g/mol. The molecule has 4 heteroatoms. The van der Waals surface area contributed by atoms with E-state index in [1.165, 1.54) is 19.3 Å². The number of halogens is 1. The van der Waals surface area contributed by atoms with Crippen LogP contribution in [-0.2, 0) is 4.79 Å². The molecule has 1 atom stereocenters. The van der Waals surface area contributed by atoms with E-state index in [9.17, 15) is 4.79 Å². The highest BCUT2D eigenvalue weighted by Gasteiger charge is 2.41. The third-order valence-electron chi connectivity index (χ3n) is 4.08. The molecule has 0 radical (unpaired) electrons. The van der Waals surface area contributed by atoms with Gasteiger partial charge in [0.05, 0.1) is 0 Å². The van der Waals surface area contributed by atoms with Crippen LogP contribution in [0.3, 0.4) is 0 Å². The van der Waals surface area contributed by atoms with Crippen molar-refractivity contribution in [3.63, 3.8) is 0 Å². The summed E-state index contributed by atoms with van der Waals surface area (Å²) in [5, 5.41) is 3.37. The molecule has 0 aromatic carbocycles. The third kappa shape index (κ3) is 2.21. The highest BCUT2D eigenvalue weighted by atomic mass is 35.5. The van der Waals surface area contributed by atoms with E-state index < -0.39 is 0 Å². The maximum atomic E-state index is 12.3. The molecule has 2 aliphatic carbocycles. The van der Waals surface area contributed by atoms with Crippen molar-refractivity contribution in [2.75, 3.05) is 13.1 Å². The van der Waals surface area contributed by atoms with Crippen LogP contribution in [0, 0.1) is 5.92 Å². The maximum absolute atomic E-state index is 12.3. The molecular formula is C12H21ClN2O. The zero-order valence-electron chi connectivity index (χ0n) is 9.65. The highest BCUT2D eigenvalue weighted by molar-refractivity contribution is 5.85. The first-order valence-electron chi connectivity index (χ1n) is 6.39. The minimum atomic E-state index is 0. The smallest absolute Gasteiger partial charge is 0.226 e. The molecule has 1 saturated heterocycles. The highest BCUT2D eigenvalue weighted by Crippen LogP contribution is 2.36. The summed E-state index contributed by atoms with van der Waals surface area (Å²) in [6.45, 7) is 2.11. The molecule has 16 heavy (non-hydrogen) atoms. The first kappa shape index (κ1) is 12.2. The van der Waals surface area contributed by atoms with Crippen LogP contribution in [0.2, 0.25) is 0 Å². The molecule has 3 nitrogen and oxygen atoms in total. The van der Waals surface area contributed by atoms with Crippen LogP contribution in [0.4, 0.5) is 0 Å². The Morgan fingerprint density at radius 2 is 1.81 bits per heavy atom.